The molecule has 62 valence electrons. The Balaban J connectivity index is 3.07. The van der Waals surface area contributed by atoms with Gasteiger partial charge < -0.3 is 0 Å². The molecule has 0 aliphatic rings. The van der Waals surface area contributed by atoms with Crippen molar-refractivity contribution >= 4 is 0 Å². The average molecular weight is 160 g/mol. The van der Waals surface area contributed by atoms with E-state index in [0.29, 0.717) is 5.92 Å². The summed E-state index contributed by atoms with van der Waals surface area (Å²) in [6.07, 6.45) is 4.48. The number of nitriles is 1. The SMILES string of the molecule is CCC(C)c1cnccc1C#N. The predicted molar refractivity (Wildman–Crippen MR) is 47.7 cm³/mol. The van der Waals surface area contributed by atoms with Gasteiger partial charge in [-0.25, -0.2) is 0 Å². The summed E-state index contributed by atoms with van der Waals surface area (Å²) in [5, 5.41) is 8.79. The van der Waals surface area contributed by atoms with Gasteiger partial charge >= 0.3 is 0 Å². The number of pyridine rings is 1. The zero-order chi connectivity index (χ0) is 8.97. The van der Waals surface area contributed by atoms with Gasteiger partial charge in [0, 0.05) is 12.4 Å². The molecule has 0 aromatic carbocycles. The lowest BCUT2D eigenvalue weighted by atomic mass is 9.96. The monoisotopic (exact) mass is 160 g/mol. The molecule has 0 saturated heterocycles. The van der Waals surface area contributed by atoms with Crippen LogP contribution in [-0.2, 0) is 0 Å². The van der Waals surface area contributed by atoms with Crippen LogP contribution in [0.3, 0.4) is 0 Å². The van der Waals surface area contributed by atoms with Crippen molar-refractivity contribution in [1.29, 1.82) is 5.26 Å². The van der Waals surface area contributed by atoms with Gasteiger partial charge in [-0.3, -0.25) is 4.98 Å². The number of aromatic nitrogens is 1. The molecule has 1 unspecified atom stereocenters. The van der Waals surface area contributed by atoms with Gasteiger partial charge in [0.25, 0.3) is 0 Å². The molecule has 1 atom stereocenters. The van der Waals surface area contributed by atoms with E-state index in [1.165, 1.54) is 0 Å². The Hall–Kier alpha value is -1.36. The van der Waals surface area contributed by atoms with Crippen LogP contribution in [-0.4, -0.2) is 4.98 Å². The van der Waals surface area contributed by atoms with E-state index >= 15 is 0 Å². The minimum Gasteiger partial charge on any atom is -0.264 e. The Kier molecular flexibility index (Phi) is 2.82. The number of hydrogen-bond acceptors (Lipinski definition) is 2. The first-order chi connectivity index (χ1) is 5.79. The molecule has 2 heteroatoms. The van der Waals surface area contributed by atoms with Crippen molar-refractivity contribution in [1.82, 2.24) is 4.98 Å². The molecule has 12 heavy (non-hydrogen) atoms. The van der Waals surface area contributed by atoms with Crippen LogP contribution in [0.4, 0.5) is 0 Å². The molecule has 0 amide bonds. The van der Waals surface area contributed by atoms with E-state index in [1.54, 1.807) is 18.5 Å². The van der Waals surface area contributed by atoms with Crippen molar-refractivity contribution in [2.24, 2.45) is 0 Å². The molecule has 0 aliphatic carbocycles. The summed E-state index contributed by atoms with van der Waals surface area (Å²) in [7, 11) is 0. The van der Waals surface area contributed by atoms with E-state index in [2.05, 4.69) is 24.9 Å². The first-order valence-corrected chi connectivity index (χ1v) is 4.13. The maximum absolute atomic E-state index is 8.79. The van der Waals surface area contributed by atoms with Crippen molar-refractivity contribution in [3.63, 3.8) is 0 Å². The molecule has 2 nitrogen and oxygen atoms in total. The van der Waals surface area contributed by atoms with Gasteiger partial charge in [-0.05, 0) is 24.0 Å². The predicted octanol–water partition coefficient (Wildman–Crippen LogP) is 2.47. The quantitative estimate of drug-likeness (QED) is 0.666. The van der Waals surface area contributed by atoms with Crippen molar-refractivity contribution in [2.45, 2.75) is 26.2 Å². The third kappa shape index (κ3) is 1.62. The molecular formula is C10H12N2. The Labute approximate surface area is 72.9 Å². The van der Waals surface area contributed by atoms with Crippen LogP contribution in [0.5, 0.6) is 0 Å². The smallest absolute Gasteiger partial charge is 0.0995 e. The highest BCUT2D eigenvalue weighted by atomic mass is 14.6. The molecule has 1 aromatic rings. The fourth-order valence-electron chi connectivity index (χ4n) is 1.12. The third-order valence-corrected chi connectivity index (χ3v) is 2.12. The zero-order valence-electron chi connectivity index (χ0n) is 7.41. The molecule has 0 fully saturated rings. The average Bonchev–Trinajstić information content (AvgIpc) is 2.16. The molecule has 0 N–H and O–H groups in total. The van der Waals surface area contributed by atoms with E-state index in [1.807, 2.05) is 0 Å². The lowest BCUT2D eigenvalue weighted by Crippen LogP contribution is -1.95. The molecular weight excluding hydrogens is 148 g/mol. The summed E-state index contributed by atoms with van der Waals surface area (Å²) in [6.45, 7) is 4.22. The van der Waals surface area contributed by atoms with Gasteiger partial charge in [-0.1, -0.05) is 13.8 Å². The van der Waals surface area contributed by atoms with Crippen LogP contribution < -0.4 is 0 Å². The second-order valence-electron chi connectivity index (χ2n) is 2.88. The normalized spacial score (nSPS) is 12.1. The number of hydrogen-bond donors (Lipinski definition) is 0. The van der Waals surface area contributed by atoms with E-state index in [0.717, 1.165) is 17.5 Å². The van der Waals surface area contributed by atoms with Crippen molar-refractivity contribution in [3.8, 4) is 6.07 Å². The third-order valence-electron chi connectivity index (χ3n) is 2.12. The highest BCUT2D eigenvalue weighted by molar-refractivity contribution is 5.36. The van der Waals surface area contributed by atoms with Gasteiger partial charge in [0.15, 0.2) is 0 Å². The zero-order valence-corrected chi connectivity index (χ0v) is 7.41. The fourth-order valence-corrected chi connectivity index (χ4v) is 1.12. The summed E-state index contributed by atoms with van der Waals surface area (Å²) in [5.41, 5.74) is 1.81. The summed E-state index contributed by atoms with van der Waals surface area (Å²) >= 11 is 0. The summed E-state index contributed by atoms with van der Waals surface area (Å²) in [5.74, 6) is 0.424. The first-order valence-electron chi connectivity index (χ1n) is 4.13. The molecule has 1 rings (SSSR count). The molecule has 1 heterocycles. The Morgan fingerprint density at radius 3 is 3.00 bits per heavy atom. The van der Waals surface area contributed by atoms with Crippen LogP contribution in [0.2, 0.25) is 0 Å². The van der Waals surface area contributed by atoms with E-state index in [4.69, 9.17) is 5.26 Å². The van der Waals surface area contributed by atoms with Gasteiger partial charge in [-0.15, -0.1) is 0 Å². The topological polar surface area (TPSA) is 36.7 Å². The summed E-state index contributed by atoms with van der Waals surface area (Å²) < 4.78 is 0. The van der Waals surface area contributed by atoms with Crippen LogP contribution in [0.15, 0.2) is 18.5 Å². The lowest BCUT2D eigenvalue weighted by Gasteiger charge is -2.08. The largest absolute Gasteiger partial charge is 0.264 e. The standard InChI is InChI=1S/C10H12N2/c1-3-8(2)10-7-12-5-4-9(10)6-11/h4-5,7-8H,3H2,1-2H3. The maximum atomic E-state index is 8.79. The van der Waals surface area contributed by atoms with Crippen molar-refractivity contribution in [3.05, 3.63) is 29.6 Å². The second kappa shape index (κ2) is 3.87. The van der Waals surface area contributed by atoms with E-state index in [9.17, 15) is 0 Å². The number of rotatable bonds is 2. The van der Waals surface area contributed by atoms with Crippen LogP contribution in [0, 0.1) is 11.3 Å². The summed E-state index contributed by atoms with van der Waals surface area (Å²) in [4.78, 5) is 4.01. The molecule has 0 aliphatic heterocycles. The van der Waals surface area contributed by atoms with Crippen molar-refractivity contribution < 1.29 is 0 Å². The highest BCUT2D eigenvalue weighted by Gasteiger charge is 2.07. The summed E-state index contributed by atoms with van der Waals surface area (Å²) in [6, 6.07) is 3.94. The van der Waals surface area contributed by atoms with Crippen molar-refractivity contribution in [2.75, 3.05) is 0 Å². The van der Waals surface area contributed by atoms with E-state index < -0.39 is 0 Å². The number of nitrogens with zero attached hydrogens (tertiary/aromatic N) is 2. The molecule has 0 radical (unpaired) electrons. The van der Waals surface area contributed by atoms with Gasteiger partial charge in [0.05, 0.1) is 11.6 Å². The highest BCUT2D eigenvalue weighted by Crippen LogP contribution is 2.20. The Morgan fingerprint density at radius 2 is 2.42 bits per heavy atom. The molecule has 0 bridgehead atoms. The van der Waals surface area contributed by atoms with Crippen LogP contribution in [0.1, 0.15) is 37.3 Å². The first kappa shape index (κ1) is 8.73. The fraction of sp³-hybridized carbons (Fsp3) is 0.400. The van der Waals surface area contributed by atoms with Gasteiger partial charge in [-0.2, -0.15) is 5.26 Å². The second-order valence-corrected chi connectivity index (χ2v) is 2.88. The molecule has 1 aromatic heterocycles. The Morgan fingerprint density at radius 1 is 1.67 bits per heavy atom. The van der Waals surface area contributed by atoms with E-state index in [-0.39, 0.29) is 0 Å². The van der Waals surface area contributed by atoms with Gasteiger partial charge in [0.1, 0.15) is 0 Å². The maximum Gasteiger partial charge on any atom is 0.0995 e. The van der Waals surface area contributed by atoms with Gasteiger partial charge in [0.2, 0.25) is 0 Å². The van der Waals surface area contributed by atoms with Crippen LogP contribution >= 0.6 is 0 Å². The lowest BCUT2D eigenvalue weighted by molar-refractivity contribution is 0.727. The molecule has 0 saturated carbocycles. The van der Waals surface area contributed by atoms with Crippen LogP contribution in [0.25, 0.3) is 0 Å². The Bertz CT molecular complexity index is 299. The minimum absolute atomic E-state index is 0.424. The molecule has 0 spiro atoms. The minimum atomic E-state index is 0.424.